The number of phenolic OH excluding ortho intramolecular Hbond substituents is 1. The van der Waals surface area contributed by atoms with Crippen molar-refractivity contribution >= 4 is 29.3 Å². The summed E-state index contributed by atoms with van der Waals surface area (Å²) in [6, 6.07) is 3.11. The van der Waals surface area contributed by atoms with E-state index >= 15 is 0 Å². The summed E-state index contributed by atoms with van der Waals surface area (Å²) in [5.74, 6) is -6.38. The fourth-order valence-corrected chi connectivity index (χ4v) is 5.66. The number of rotatable bonds is 3. The van der Waals surface area contributed by atoms with E-state index in [1.807, 2.05) is 19.1 Å². The number of carbonyl (C=O) groups is 3. The maximum atomic E-state index is 13.5. The van der Waals surface area contributed by atoms with Gasteiger partial charge in [0.15, 0.2) is 11.4 Å². The van der Waals surface area contributed by atoms with Crippen LogP contribution in [-0.2, 0) is 20.8 Å². The number of Topliss-reactive ketones (excluding diaryl/α,β-unsaturated/α-hetero) is 2. The van der Waals surface area contributed by atoms with E-state index in [-0.39, 0.29) is 36.1 Å². The van der Waals surface area contributed by atoms with Gasteiger partial charge in [0.05, 0.1) is 17.9 Å². The molecule has 5 rings (SSSR count). The molecule has 3 atom stereocenters. The zero-order chi connectivity index (χ0) is 25.2. The van der Waals surface area contributed by atoms with Gasteiger partial charge in [-0.2, -0.15) is 0 Å². The van der Waals surface area contributed by atoms with Gasteiger partial charge in [-0.15, -0.1) is 0 Å². The maximum absolute atomic E-state index is 13.5. The van der Waals surface area contributed by atoms with Crippen LogP contribution in [0.3, 0.4) is 0 Å². The van der Waals surface area contributed by atoms with Crippen LogP contribution in [0.25, 0.3) is 11.8 Å². The van der Waals surface area contributed by atoms with Gasteiger partial charge in [-0.1, -0.05) is 12.1 Å². The molecule has 0 radical (unpaired) electrons. The molecule has 3 aliphatic carbocycles. The number of aromatic hydroxyl groups is 1. The third-order valence-electron chi connectivity index (χ3n) is 7.45. The summed E-state index contributed by atoms with van der Waals surface area (Å²) >= 11 is 0. The Kier molecular flexibility index (Phi) is 5.03. The molecule has 8 N–H and O–H groups in total. The van der Waals surface area contributed by atoms with Crippen molar-refractivity contribution in [2.24, 2.45) is 17.6 Å². The van der Waals surface area contributed by atoms with Gasteiger partial charge in [-0.05, 0) is 49.0 Å². The summed E-state index contributed by atoms with van der Waals surface area (Å²) in [6.07, 6.45) is 3.72. The van der Waals surface area contributed by atoms with Gasteiger partial charge >= 0.3 is 0 Å². The lowest BCUT2D eigenvalue weighted by molar-refractivity contribution is -0.147. The van der Waals surface area contributed by atoms with Crippen molar-refractivity contribution in [1.82, 2.24) is 10.6 Å². The molecule has 1 saturated carbocycles. The van der Waals surface area contributed by atoms with E-state index in [9.17, 15) is 34.8 Å². The van der Waals surface area contributed by atoms with E-state index in [1.54, 1.807) is 6.07 Å². The molecule has 10 heteroatoms. The molecule has 1 aromatic rings. The number of nitrogens with two attached hydrogens (primary N) is 1. The Bertz CT molecular complexity index is 1340. The molecule has 1 aromatic carbocycles. The smallest absolute Gasteiger partial charge is 0.255 e. The summed E-state index contributed by atoms with van der Waals surface area (Å²) in [4.78, 5) is 37.7. The van der Waals surface area contributed by atoms with Crippen LogP contribution in [-0.4, -0.2) is 50.2 Å². The third kappa shape index (κ3) is 3.17. The largest absolute Gasteiger partial charge is 0.508 e. The highest BCUT2D eigenvalue weighted by atomic mass is 16.3. The molecule has 0 bridgehead atoms. The highest BCUT2D eigenvalue weighted by Crippen LogP contribution is 2.52. The number of hydrogen-bond acceptors (Lipinski definition) is 9. The second kappa shape index (κ2) is 7.74. The van der Waals surface area contributed by atoms with Crippen LogP contribution in [0.15, 0.2) is 46.5 Å². The van der Waals surface area contributed by atoms with E-state index in [0.29, 0.717) is 12.2 Å². The summed E-state index contributed by atoms with van der Waals surface area (Å²) in [6.45, 7) is 2.54. The lowest BCUT2D eigenvalue weighted by Crippen LogP contribution is -2.58. The molecule has 1 aliphatic heterocycles. The van der Waals surface area contributed by atoms with Crippen LogP contribution in [0.2, 0.25) is 0 Å². The monoisotopic (exact) mass is 479 g/mol. The number of aliphatic hydroxyl groups is 3. The summed E-state index contributed by atoms with van der Waals surface area (Å²) in [5.41, 5.74) is 4.97. The van der Waals surface area contributed by atoms with E-state index in [1.165, 1.54) is 6.07 Å². The van der Waals surface area contributed by atoms with Crippen LogP contribution in [0.5, 0.6) is 5.75 Å². The minimum Gasteiger partial charge on any atom is -0.508 e. The van der Waals surface area contributed by atoms with Crippen molar-refractivity contribution in [2.75, 3.05) is 6.67 Å². The van der Waals surface area contributed by atoms with Gasteiger partial charge in [0, 0.05) is 23.6 Å². The van der Waals surface area contributed by atoms with Crippen LogP contribution >= 0.6 is 0 Å². The fraction of sp³-hybridized carbons (Fsp3) is 0.320. The minimum atomic E-state index is -2.56. The van der Waals surface area contributed by atoms with Crippen LogP contribution in [0.4, 0.5) is 0 Å². The van der Waals surface area contributed by atoms with Crippen LogP contribution < -0.4 is 16.4 Å². The van der Waals surface area contributed by atoms with Gasteiger partial charge in [0.2, 0.25) is 5.78 Å². The van der Waals surface area contributed by atoms with E-state index in [0.717, 1.165) is 17.0 Å². The van der Waals surface area contributed by atoms with Gasteiger partial charge < -0.3 is 36.8 Å². The van der Waals surface area contributed by atoms with E-state index in [2.05, 4.69) is 10.6 Å². The van der Waals surface area contributed by atoms with Crippen molar-refractivity contribution in [3.8, 4) is 5.75 Å². The average Bonchev–Trinajstić information content (AvgIpc) is 3.20. The normalized spacial score (nSPS) is 28.1. The Morgan fingerprint density at radius 1 is 1.14 bits per heavy atom. The molecule has 1 fully saturated rings. The number of nitrogens with one attached hydrogen (secondary N) is 2. The molecule has 10 nitrogen and oxygen atoms in total. The Morgan fingerprint density at radius 3 is 2.54 bits per heavy atom. The first kappa shape index (κ1) is 22.7. The van der Waals surface area contributed by atoms with Crippen LogP contribution in [0.1, 0.15) is 36.5 Å². The fourth-order valence-electron chi connectivity index (χ4n) is 5.66. The highest BCUT2D eigenvalue weighted by molar-refractivity contribution is 6.22. The van der Waals surface area contributed by atoms with Crippen molar-refractivity contribution in [3.05, 3.63) is 63.2 Å². The van der Waals surface area contributed by atoms with Gasteiger partial charge in [0.25, 0.3) is 5.91 Å². The maximum Gasteiger partial charge on any atom is 0.255 e. The number of ketones is 2. The first-order valence-electron chi connectivity index (χ1n) is 11.2. The molecule has 0 unspecified atom stereocenters. The van der Waals surface area contributed by atoms with Crippen molar-refractivity contribution < 1.29 is 34.8 Å². The van der Waals surface area contributed by atoms with Gasteiger partial charge in [-0.25, -0.2) is 0 Å². The van der Waals surface area contributed by atoms with Crippen molar-refractivity contribution in [2.45, 2.75) is 31.8 Å². The Morgan fingerprint density at radius 2 is 1.89 bits per heavy atom. The Hall–Kier alpha value is -4.05. The zero-order valence-corrected chi connectivity index (χ0v) is 18.9. The predicted molar refractivity (Wildman–Crippen MR) is 124 cm³/mol. The molecule has 0 aromatic heterocycles. The molecular formula is C25H25N3O7. The van der Waals surface area contributed by atoms with E-state index in [4.69, 9.17) is 5.73 Å². The SMILES string of the molecule is CC1=C(/C=C/c2ccc(O)c3c2C[C@H]2C[C@H]4CC(=O)C(C(N)=O)=C(O)[C@@]4(O)C(=O)C2=C3O)NCN1. The number of primary amides is 1. The lowest BCUT2D eigenvalue weighted by Gasteiger charge is -2.46. The standard InChI is InChI=1S/C25H25N3O7/c1-10-15(28-9-27-10)4-2-11-3-5-16(29)19-14(11)7-12-6-13-8-17(30)20(24(26)34)23(33)25(13,35)22(32)18(12)21(19)31/h2-5,12-13,27-29,31,33,35H,6-9H2,1H3,(H2,26,34)/b4-2+/t12-,13+,25+/m1/s1. The van der Waals surface area contributed by atoms with Crippen molar-refractivity contribution in [1.29, 1.82) is 0 Å². The zero-order valence-electron chi connectivity index (χ0n) is 18.9. The molecular weight excluding hydrogens is 454 g/mol. The number of fused-ring (bicyclic) bond motifs is 3. The minimum absolute atomic E-state index is 0.0717. The number of phenols is 1. The number of aliphatic hydroxyl groups excluding tert-OH is 2. The molecule has 0 spiro atoms. The molecule has 1 heterocycles. The van der Waals surface area contributed by atoms with E-state index < -0.39 is 52.0 Å². The topological polar surface area (TPSA) is 182 Å². The third-order valence-corrected chi connectivity index (χ3v) is 7.45. The Labute approximate surface area is 200 Å². The lowest BCUT2D eigenvalue weighted by atomic mass is 9.59. The summed E-state index contributed by atoms with van der Waals surface area (Å²) in [7, 11) is 0. The molecule has 182 valence electrons. The quantitative estimate of drug-likeness (QED) is 0.309. The first-order chi connectivity index (χ1) is 16.6. The number of allylic oxidation sites excluding steroid dienone is 2. The molecule has 4 aliphatic rings. The van der Waals surface area contributed by atoms with Gasteiger partial charge in [0.1, 0.15) is 22.8 Å². The van der Waals surface area contributed by atoms with Gasteiger partial charge in [-0.3, -0.25) is 14.4 Å². The molecule has 0 saturated heterocycles. The second-order valence-corrected chi connectivity index (χ2v) is 9.34. The predicted octanol–water partition coefficient (Wildman–Crippen LogP) is 0.819. The Balaban J connectivity index is 1.63. The number of amides is 1. The number of benzene rings is 1. The first-order valence-corrected chi connectivity index (χ1v) is 11.2. The summed E-state index contributed by atoms with van der Waals surface area (Å²) in [5, 5.41) is 49.9. The summed E-state index contributed by atoms with van der Waals surface area (Å²) < 4.78 is 0. The number of carbonyl (C=O) groups excluding carboxylic acids is 3. The highest BCUT2D eigenvalue weighted by Gasteiger charge is 2.60. The number of hydrogen-bond donors (Lipinski definition) is 7. The van der Waals surface area contributed by atoms with Crippen molar-refractivity contribution in [3.63, 3.8) is 0 Å². The molecule has 1 amide bonds. The second-order valence-electron chi connectivity index (χ2n) is 9.34. The molecule has 35 heavy (non-hydrogen) atoms. The average molecular weight is 479 g/mol. The van der Waals surface area contributed by atoms with Crippen LogP contribution in [0, 0.1) is 11.8 Å².